The number of nitrogens with zero attached hydrogens (tertiary/aromatic N) is 1. The van der Waals surface area contributed by atoms with Crippen molar-refractivity contribution in [3.05, 3.63) is 35.4 Å². The van der Waals surface area contributed by atoms with Gasteiger partial charge in [-0.25, -0.2) is 0 Å². The highest BCUT2D eigenvalue weighted by Crippen LogP contribution is 2.28. The molecule has 0 N–H and O–H groups in total. The number of hydrogen-bond acceptors (Lipinski definition) is 1. The molecule has 0 bridgehead atoms. The van der Waals surface area contributed by atoms with Crippen molar-refractivity contribution in [1.29, 1.82) is 0 Å². The van der Waals surface area contributed by atoms with Crippen LogP contribution >= 0.6 is 0 Å². The van der Waals surface area contributed by atoms with Gasteiger partial charge in [0.15, 0.2) is 0 Å². The van der Waals surface area contributed by atoms with Crippen molar-refractivity contribution >= 4 is 0 Å². The molecule has 1 heteroatoms. The van der Waals surface area contributed by atoms with Crippen LogP contribution in [0.3, 0.4) is 0 Å². The Morgan fingerprint density at radius 1 is 1.06 bits per heavy atom. The first kappa shape index (κ1) is 13.2. The Morgan fingerprint density at radius 3 is 2.19 bits per heavy atom. The van der Waals surface area contributed by atoms with Crippen molar-refractivity contribution in [2.24, 2.45) is 0 Å². The van der Waals surface area contributed by atoms with E-state index in [1.165, 1.54) is 11.1 Å². The predicted molar refractivity (Wildman–Crippen MR) is 71.8 cm³/mol. The van der Waals surface area contributed by atoms with Gasteiger partial charge in [-0.2, -0.15) is 0 Å². The average Bonchev–Trinajstić information content (AvgIpc) is 2.30. The van der Waals surface area contributed by atoms with Crippen molar-refractivity contribution < 1.29 is 0 Å². The van der Waals surface area contributed by atoms with Crippen LogP contribution in [0, 0.1) is 0 Å². The second kappa shape index (κ2) is 5.49. The van der Waals surface area contributed by atoms with Crippen LogP contribution in [0.15, 0.2) is 24.3 Å². The Kier molecular flexibility index (Phi) is 4.55. The Labute approximate surface area is 100 Å². The van der Waals surface area contributed by atoms with E-state index in [1.807, 2.05) is 0 Å². The van der Waals surface area contributed by atoms with Crippen LogP contribution in [0.25, 0.3) is 0 Å². The summed E-state index contributed by atoms with van der Waals surface area (Å²) in [5.74, 6) is 0. The van der Waals surface area contributed by atoms with E-state index >= 15 is 0 Å². The minimum atomic E-state index is 0.134. The SMILES string of the molecule is CCc1cccc(C(C)(C)N(CC)CC)c1. The Balaban J connectivity index is 3.04. The summed E-state index contributed by atoms with van der Waals surface area (Å²) in [5.41, 5.74) is 2.99. The first-order valence-electron chi connectivity index (χ1n) is 6.40. The van der Waals surface area contributed by atoms with Crippen LogP contribution < -0.4 is 0 Å². The van der Waals surface area contributed by atoms with Crippen molar-refractivity contribution in [2.75, 3.05) is 13.1 Å². The average molecular weight is 219 g/mol. The second-order valence-corrected chi connectivity index (χ2v) is 4.79. The summed E-state index contributed by atoms with van der Waals surface area (Å²) in [6.45, 7) is 13.5. The van der Waals surface area contributed by atoms with Gasteiger partial charge in [-0.3, -0.25) is 4.90 Å². The number of aryl methyl sites for hydroxylation is 1. The monoisotopic (exact) mass is 219 g/mol. The number of rotatable bonds is 5. The summed E-state index contributed by atoms with van der Waals surface area (Å²) in [4.78, 5) is 2.50. The van der Waals surface area contributed by atoms with Crippen LogP contribution in [-0.4, -0.2) is 18.0 Å². The molecule has 0 aliphatic carbocycles. The molecule has 0 unspecified atom stereocenters. The van der Waals surface area contributed by atoms with Crippen molar-refractivity contribution in [1.82, 2.24) is 4.90 Å². The van der Waals surface area contributed by atoms with E-state index in [4.69, 9.17) is 0 Å². The molecule has 0 saturated carbocycles. The van der Waals surface area contributed by atoms with Gasteiger partial charge in [0.05, 0.1) is 0 Å². The fraction of sp³-hybridized carbons (Fsp3) is 0.600. The highest BCUT2D eigenvalue weighted by molar-refractivity contribution is 5.28. The van der Waals surface area contributed by atoms with E-state index in [0.717, 1.165) is 19.5 Å². The molecule has 16 heavy (non-hydrogen) atoms. The van der Waals surface area contributed by atoms with E-state index in [0.29, 0.717) is 0 Å². The lowest BCUT2D eigenvalue weighted by Crippen LogP contribution is -2.41. The third-order valence-electron chi connectivity index (χ3n) is 3.60. The van der Waals surface area contributed by atoms with Gasteiger partial charge in [0.1, 0.15) is 0 Å². The normalized spacial score (nSPS) is 12.1. The van der Waals surface area contributed by atoms with E-state index in [-0.39, 0.29) is 5.54 Å². The van der Waals surface area contributed by atoms with Gasteiger partial charge in [0.25, 0.3) is 0 Å². The van der Waals surface area contributed by atoms with Gasteiger partial charge in [0.2, 0.25) is 0 Å². The lowest BCUT2D eigenvalue weighted by atomic mass is 9.90. The largest absolute Gasteiger partial charge is 0.295 e. The van der Waals surface area contributed by atoms with Crippen LogP contribution in [0.1, 0.15) is 45.7 Å². The smallest absolute Gasteiger partial charge is 0.0404 e. The summed E-state index contributed by atoms with van der Waals surface area (Å²) in [7, 11) is 0. The highest BCUT2D eigenvalue weighted by atomic mass is 15.2. The Morgan fingerprint density at radius 2 is 1.69 bits per heavy atom. The fourth-order valence-electron chi connectivity index (χ4n) is 2.37. The van der Waals surface area contributed by atoms with Crippen LogP contribution in [0.2, 0.25) is 0 Å². The lowest BCUT2D eigenvalue weighted by molar-refractivity contribution is 0.135. The molecule has 0 amide bonds. The predicted octanol–water partition coefficient (Wildman–Crippen LogP) is 3.83. The number of benzene rings is 1. The standard InChI is InChI=1S/C15H25N/c1-6-13-10-9-11-14(12-13)15(4,5)16(7-2)8-3/h9-12H,6-8H2,1-5H3. The van der Waals surface area contributed by atoms with Gasteiger partial charge >= 0.3 is 0 Å². The van der Waals surface area contributed by atoms with E-state index in [1.54, 1.807) is 0 Å². The Bertz CT molecular complexity index is 324. The molecule has 0 aliphatic rings. The minimum absolute atomic E-state index is 0.134. The van der Waals surface area contributed by atoms with Crippen LogP contribution in [-0.2, 0) is 12.0 Å². The first-order valence-corrected chi connectivity index (χ1v) is 6.40. The molecule has 1 nitrogen and oxygen atoms in total. The molecule has 0 atom stereocenters. The summed E-state index contributed by atoms with van der Waals surface area (Å²) < 4.78 is 0. The third-order valence-corrected chi connectivity index (χ3v) is 3.60. The lowest BCUT2D eigenvalue weighted by Gasteiger charge is -2.38. The maximum atomic E-state index is 2.50. The third kappa shape index (κ3) is 2.65. The van der Waals surface area contributed by atoms with Crippen LogP contribution in [0.4, 0.5) is 0 Å². The first-order chi connectivity index (χ1) is 7.56. The zero-order chi connectivity index (χ0) is 12.2. The molecular weight excluding hydrogens is 194 g/mol. The molecule has 1 aromatic carbocycles. The highest BCUT2D eigenvalue weighted by Gasteiger charge is 2.26. The van der Waals surface area contributed by atoms with Gasteiger partial charge in [0, 0.05) is 5.54 Å². The molecule has 0 aliphatic heterocycles. The molecule has 0 heterocycles. The molecular formula is C15H25N. The van der Waals surface area contributed by atoms with Crippen molar-refractivity contribution in [3.8, 4) is 0 Å². The van der Waals surface area contributed by atoms with Gasteiger partial charge in [-0.1, -0.05) is 45.0 Å². The van der Waals surface area contributed by atoms with E-state index < -0.39 is 0 Å². The summed E-state index contributed by atoms with van der Waals surface area (Å²) in [5, 5.41) is 0. The molecule has 90 valence electrons. The summed E-state index contributed by atoms with van der Waals surface area (Å²) in [6.07, 6.45) is 1.11. The zero-order valence-electron chi connectivity index (χ0n) is 11.4. The molecule has 1 rings (SSSR count). The molecule has 0 radical (unpaired) electrons. The van der Waals surface area contributed by atoms with Crippen molar-refractivity contribution in [2.45, 2.75) is 46.6 Å². The van der Waals surface area contributed by atoms with Gasteiger partial charge in [-0.15, -0.1) is 0 Å². The maximum Gasteiger partial charge on any atom is 0.0404 e. The molecule has 0 fully saturated rings. The number of hydrogen-bond donors (Lipinski definition) is 0. The zero-order valence-corrected chi connectivity index (χ0v) is 11.4. The molecule has 0 aromatic heterocycles. The van der Waals surface area contributed by atoms with Crippen LogP contribution in [0.5, 0.6) is 0 Å². The summed E-state index contributed by atoms with van der Waals surface area (Å²) in [6, 6.07) is 8.98. The minimum Gasteiger partial charge on any atom is -0.295 e. The topological polar surface area (TPSA) is 3.24 Å². The molecule has 1 aromatic rings. The molecule has 0 saturated heterocycles. The van der Waals surface area contributed by atoms with E-state index in [2.05, 4.69) is 63.8 Å². The summed E-state index contributed by atoms with van der Waals surface area (Å²) >= 11 is 0. The Hall–Kier alpha value is -0.820. The van der Waals surface area contributed by atoms with E-state index in [9.17, 15) is 0 Å². The van der Waals surface area contributed by atoms with Gasteiger partial charge in [-0.05, 0) is 44.5 Å². The fourth-order valence-corrected chi connectivity index (χ4v) is 2.37. The van der Waals surface area contributed by atoms with Crippen molar-refractivity contribution in [3.63, 3.8) is 0 Å². The quantitative estimate of drug-likeness (QED) is 0.727. The van der Waals surface area contributed by atoms with Gasteiger partial charge < -0.3 is 0 Å². The second-order valence-electron chi connectivity index (χ2n) is 4.79. The molecule has 0 spiro atoms. The maximum absolute atomic E-state index is 2.50.